The summed E-state index contributed by atoms with van der Waals surface area (Å²) in [7, 11) is 5.64. The Morgan fingerprint density at radius 2 is 2.03 bits per heavy atom. The second kappa shape index (κ2) is 13.4. The predicted octanol–water partition coefficient (Wildman–Crippen LogP) is 1.25. The Balaban J connectivity index is 1.54. The van der Waals surface area contributed by atoms with E-state index < -0.39 is 0 Å². The van der Waals surface area contributed by atoms with Crippen LogP contribution < -0.4 is 32.5 Å². The van der Waals surface area contributed by atoms with Crippen molar-refractivity contribution in [2.75, 3.05) is 62.8 Å². The normalized spacial score (nSPS) is 14.3. The third-order valence-electron chi connectivity index (χ3n) is 6.10. The molecule has 0 saturated carbocycles. The van der Waals surface area contributed by atoms with Gasteiger partial charge in [0.2, 0.25) is 5.95 Å². The van der Waals surface area contributed by atoms with E-state index in [0.717, 1.165) is 48.7 Å². The fourth-order valence-electron chi connectivity index (χ4n) is 3.89. The van der Waals surface area contributed by atoms with Crippen LogP contribution in [0.15, 0.2) is 42.4 Å². The molecule has 1 aliphatic heterocycles. The Bertz CT molecular complexity index is 995. The van der Waals surface area contributed by atoms with Crippen molar-refractivity contribution >= 4 is 42.5 Å². The first-order chi connectivity index (χ1) is 17.0. The molecule has 1 aromatic heterocycles. The monoisotopic (exact) mass is 479 g/mol. The number of aromatic nitrogens is 2. The number of likely N-dealkylation sites (tertiary alicyclic amines) is 1. The Morgan fingerprint density at radius 3 is 2.77 bits per heavy atom. The molecule has 0 bridgehead atoms. The summed E-state index contributed by atoms with van der Waals surface area (Å²) in [6, 6.07) is 7.42. The fraction of sp³-hybridized carbons (Fsp3) is 0.458. The van der Waals surface area contributed by atoms with Gasteiger partial charge < -0.3 is 36.8 Å². The molecule has 2 amide bonds. The van der Waals surface area contributed by atoms with Gasteiger partial charge in [0.25, 0.3) is 0 Å². The highest BCUT2D eigenvalue weighted by Crippen LogP contribution is 2.19. The molecule has 3 rings (SSSR count). The van der Waals surface area contributed by atoms with Gasteiger partial charge in [0, 0.05) is 69.6 Å². The summed E-state index contributed by atoms with van der Waals surface area (Å²) in [4.78, 5) is 25.8. The lowest BCUT2D eigenvalue weighted by molar-refractivity contribution is 0.192. The zero-order valence-electron chi connectivity index (χ0n) is 21.1. The van der Waals surface area contributed by atoms with Gasteiger partial charge in [0.05, 0.1) is 0 Å². The van der Waals surface area contributed by atoms with Crippen LogP contribution >= 0.6 is 0 Å². The smallest absolute Gasteiger partial charge is 0.321 e. The van der Waals surface area contributed by atoms with Gasteiger partial charge in [-0.1, -0.05) is 12.5 Å². The molecule has 0 radical (unpaired) electrons. The van der Waals surface area contributed by atoms with Crippen LogP contribution in [0.5, 0.6) is 0 Å². The standard InChI is InChI=1S/C24H38BN9O/c1-27-20(16-26)9-10-28-22-21(25)17-29-23(32-22)30-18-7-6-8-19(15-18)31-24(35)33(2)13-14-34-11-4-3-5-12-34/h6-8,15-17,27H,3-5,9-14,25-26H2,1-2H3,(H,31,35)(H2,28,29,30,32)/b20-16-. The van der Waals surface area contributed by atoms with Gasteiger partial charge in [-0.05, 0) is 49.6 Å². The molecule has 1 aliphatic rings. The lowest BCUT2D eigenvalue weighted by Gasteiger charge is -2.28. The molecule has 10 nitrogen and oxygen atoms in total. The lowest BCUT2D eigenvalue weighted by Crippen LogP contribution is -2.40. The van der Waals surface area contributed by atoms with Gasteiger partial charge in [-0.2, -0.15) is 4.98 Å². The maximum absolute atomic E-state index is 12.7. The van der Waals surface area contributed by atoms with Crippen LogP contribution in [-0.4, -0.2) is 80.5 Å². The van der Waals surface area contributed by atoms with E-state index in [-0.39, 0.29) is 6.03 Å². The van der Waals surface area contributed by atoms with Gasteiger partial charge in [0.1, 0.15) is 13.7 Å². The third-order valence-corrected chi connectivity index (χ3v) is 6.10. The van der Waals surface area contributed by atoms with Crippen molar-refractivity contribution in [1.82, 2.24) is 25.1 Å². The minimum Gasteiger partial charge on any atom is -0.403 e. The molecule has 0 spiro atoms. The van der Waals surface area contributed by atoms with Crippen LogP contribution in [0.3, 0.4) is 0 Å². The molecule has 2 heterocycles. The topological polar surface area (TPSA) is 123 Å². The minimum absolute atomic E-state index is 0.121. The Labute approximate surface area is 209 Å². The first-order valence-electron chi connectivity index (χ1n) is 12.3. The fourth-order valence-corrected chi connectivity index (χ4v) is 3.89. The van der Waals surface area contributed by atoms with Crippen molar-refractivity contribution in [3.8, 4) is 0 Å². The zero-order chi connectivity index (χ0) is 25.0. The quantitative estimate of drug-likeness (QED) is 0.305. The van der Waals surface area contributed by atoms with Crippen molar-refractivity contribution in [1.29, 1.82) is 0 Å². The highest BCUT2D eigenvalue weighted by Gasteiger charge is 2.14. The second-order valence-corrected chi connectivity index (χ2v) is 8.80. The van der Waals surface area contributed by atoms with Crippen molar-refractivity contribution in [3.63, 3.8) is 0 Å². The number of likely N-dealkylation sites (N-methyl/N-ethyl adjacent to an activating group) is 1. The molecule has 1 fully saturated rings. The number of nitrogens with zero attached hydrogens (tertiary/aromatic N) is 4. The first-order valence-corrected chi connectivity index (χ1v) is 12.3. The maximum atomic E-state index is 12.7. The number of nitrogens with two attached hydrogens (primary N) is 1. The number of benzene rings is 1. The molecule has 11 heteroatoms. The van der Waals surface area contributed by atoms with Gasteiger partial charge >= 0.3 is 6.03 Å². The van der Waals surface area contributed by atoms with Gasteiger partial charge in [0.15, 0.2) is 0 Å². The van der Waals surface area contributed by atoms with E-state index in [1.165, 1.54) is 19.3 Å². The van der Waals surface area contributed by atoms with Crippen molar-refractivity contribution in [2.45, 2.75) is 25.7 Å². The number of nitrogens with one attached hydrogen (secondary N) is 4. The number of carbonyl (C=O) groups excluding carboxylic acids is 1. The summed E-state index contributed by atoms with van der Waals surface area (Å²) >= 11 is 0. The molecule has 0 unspecified atom stereocenters. The lowest BCUT2D eigenvalue weighted by atomic mass is 9.99. The van der Waals surface area contributed by atoms with Crippen LogP contribution in [0, 0.1) is 0 Å². The van der Waals surface area contributed by atoms with E-state index >= 15 is 0 Å². The van der Waals surface area contributed by atoms with Crippen LogP contribution in [0.1, 0.15) is 25.7 Å². The maximum Gasteiger partial charge on any atom is 0.321 e. The summed E-state index contributed by atoms with van der Waals surface area (Å²) in [5.74, 6) is 1.23. The average molecular weight is 479 g/mol. The molecular weight excluding hydrogens is 441 g/mol. The van der Waals surface area contributed by atoms with Crippen molar-refractivity contribution in [2.24, 2.45) is 5.73 Å². The molecular formula is C24H38BN9O. The second-order valence-electron chi connectivity index (χ2n) is 8.80. The summed E-state index contributed by atoms with van der Waals surface area (Å²) in [6.45, 7) is 4.56. The van der Waals surface area contributed by atoms with Crippen LogP contribution in [0.25, 0.3) is 0 Å². The number of urea groups is 1. The van der Waals surface area contributed by atoms with Gasteiger partial charge in [-0.25, -0.2) is 9.78 Å². The van der Waals surface area contributed by atoms with Crippen LogP contribution in [0.4, 0.5) is 27.9 Å². The highest BCUT2D eigenvalue weighted by molar-refractivity contribution is 6.35. The minimum atomic E-state index is -0.121. The summed E-state index contributed by atoms with van der Waals surface area (Å²) in [6.07, 6.45) is 7.92. The van der Waals surface area contributed by atoms with E-state index in [0.29, 0.717) is 24.7 Å². The first kappa shape index (κ1) is 26.1. The Hall–Kier alpha value is -3.47. The Morgan fingerprint density at radius 1 is 1.26 bits per heavy atom. The van der Waals surface area contributed by atoms with E-state index in [1.54, 1.807) is 17.3 Å². The van der Waals surface area contributed by atoms with Crippen molar-refractivity contribution in [3.05, 3.63) is 42.4 Å². The molecule has 2 aromatic rings. The SMILES string of the molecule is Bc1cnc(Nc2cccc(NC(=O)N(C)CCN3CCCCC3)c2)nc1NCC/C(=C/N)NC. The molecule has 1 aromatic carbocycles. The van der Waals surface area contributed by atoms with Crippen LogP contribution in [-0.2, 0) is 0 Å². The number of rotatable bonds is 11. The predicted molar refractivity (Wildman–Crippen MR) is 146 cm³/mol. The number of anilines is 4. The number of hydrogen-bond acceptors (Lipinski definition) is 8. The molecule has 0 atom stereocenters. The highest BCUT2D eigenvalue weighted by atomic mass is 16.2. The largest absolute Gasteiger partial charge is 0.403 e. The number of amides is 2. The summed E-state index contributed by atoms with van der Waals surface area (Å²) < 4.78 is 0. The number of carbonyl (C=O) groups is 1. The molecule has 0 aliphatic carbocycles. The number of piperidine rings is 1. The Kier molecular flexibility index (Phi) is 10.0. The van der Waals surface area contributed by atoms with E-state index in [9.17, 15) is 4.79 Å². The number of hydrogen-bond donors (Lipinski definition) is 5. The third kappa shape index (κ3) is 8.36. The van der Waals surface area contributed by atoms with E-state index in [1.807, 2.05) is 46.2 Å². The average Bonchev–Trinajstić information content (AvgIpc) is 2.87. The van der Waals surface area contributed by atoms with Gasteiger partial charge in [-0.15, -0.1) is 0 Å². The van der Waals surface area contributed by atoms with E-state index in [2.05, 4.69) is 36.1 Å². The van der Waals surface area contributed by atoms with E-state index in [4.69, 9.17) is 5.73 Å². The molecule has 35 heavy (non-hydrogen) atoms. The molecule has 6 N–H and O–H groups in total. The van der Waals surface area contributed by atoms with Gasteiger partial charge in [-0.3, -0.25) is 0 Å². The molecule has 1 saturated heterocycles. The van der Waals surface area contributed by atoms with Crippen LogP contribution in [0.2, 0.25) is 0 Å². The zero-order valence-corrected chi connectivity index (χ0v) is 21.1. The summed E-state index contributed by atoms with van der Waals surface area (Å²) in [5.41, 5.74) is 9.00. The molecule has 188 valence electrons. The summed E-state index contributed by atoms with van der Waals surface area (Å²) in [5, 5.41) is 12.6. The van der Waals surface area contributed by atoms with Crippen molar-refractivity contribution < 1.29 is 4.79 Å².